The zero-order chi connectivity index (χ0) is 17.2. The fourth-order valence-corrected chi connectivity index (χ4v) is 3.70. The smallest absolute Gasteiger partial charge is 0.226 e. The Hall–Kier alpha value is -1.62. The van der Waals surface area contributed by atoms with E-state index in [0.29, 0.717) is 13.2 Å². The first kappa shape index (κ1) is 17.2. The van der Waals surface area contributed by atoms with Crippen LogP contribution in [-0.4, -0.2) is 38.3 Å². The molecule has 0 spiro atoms. The van der Waals surface area contributed by atoms with Crippen LogP contribution in [0.4, 0.5) is 10.1 Å². The van der Waals surface area contributed by atoms with E-state index >= 15 is 0 Å². The molecule has 3 rings (SSSR count). The maximum atomic E-state index is 13.3. The minimum atomic E-state index is -0.313. The third-order valence-corrected chi connectivity index (χ3v) is 5.40. The first-order valence-electron chi connectivity index (χ1n) is 8.88. The van der Waals surface area contributed by atoms with Crippen LogP contribution >= 0.6 is 0 Å². The van der Waals surface area contributed by atoms with E-state index in [1.807, 2.05) is 19.9 Å². The van der Waals surface area contributed by atoms with E-state index in [-0.39, 0.29) is 23.2 Å². The van der Waals surface area contributed by atoms with Crippen LogP contribution < -0.4 is 10.2 Å². The Morgan fingerprint density at radius 1 is 1.38 bits per heavy atom. The zero-order valence-electron chi connectivity index (χ0n) is 14.6. The largest absolute Gasteiger partial charge is 0.381 e. The van der Waals surface area contributed by atoms with Crippen molar-refractivity contribution in [3.63, 3.8) is 0 Å². The number of anilines is 1. The second-order valence-electron chi connectivity index (χ2n) is 7.36. The number of hydrogen-bond acceptors (Lipinski definition) is 3. The summed E-state index contributed by atoms with van der Waals surface area (Å²) in [7, 11) is 0. The van der Waals surface area contributed by atoms with Gasteiger partial charge in [0.25, 0.3) is 0 Å². The van der Waals surface area contributed by atoms with Gasteiger partial charge in [-0.3, -0.25) is 4.79 Å². The van der Waals surface area contributed by atoms with Gasteiger partial charge >= 0.3 is 0 Å². The van der Waals surface area contributed by atoms with Gasteiger partial charge in [0.05, 0.1) is 5.41 Å². The SMILES string of the molecule is Cc1cc(F)ccc1N1CCCC(NC(=O)C2(C)CCOCC2)C1. The molecule has 1 amide bonds. The number of ether oxygens (including phenoxy) is 1. The summed E-state index contributed by atoms with van der Waals surface area (Å²) in [4.78, 5) is 15.0. The molecule has 1 unspecified atom stereocenters. The summed E-state index contributed by atoms with van der Waals surface area (Å²) in [5.41, 5.74) is 1.69. The molecule has 2 aliphatic heterocycles. The number of rotatable bonds is 3. The zero-order valence-corrected chi connectivity index (χ0v) is 14.6. The Kier molecular flexibility index (Phi) is 5.09. The molecule has 1 aromatic carbocycles. The van der Waals surface area contributed by atoms with Gasteiger partial charge in [-0.25, -0.2) is 4.39 Å². The van der Waals surface area contributed by atoms with Crippen LogP contribution in [0.5, 0.6) is 0 Å². The van der Waals surface area contributed by atoms with Gasteiger partial charge in [0.1, 0.15) is 5.82 Å². The highest BCUT2D eigenvalue weighted by molar-refractivity contribution is 5.82. The molecule has 2 saturated heterocycles. The topological polar surface area (TPSA) is 41.6 Å². The quantitative estimate of drug-likeness (QED) is 0.924. The van der Waals surface area contributed by atoms with Crippen molar-refractivity contribution in [3.8, 4) is 0 Å². The second kappa shape index (κ2) is 7.09. The molecule has 5 heteroatoms. The molecular formula is C19H27FN2O2. The van der Waals surface area contributed by atoms with Crippen LogP contribution in [0.2, 0.25) is 0 Å². The van der Waals surface area contributed by atoms with Crippen molar-refractivity contribution in [2.24, 2.45) is 5.41 Å². The summed E-state index contributed by atoms with van der Waals surface area (Å²) >= 11 is 0. The summed E-state index contributed by atoms with van der Waals surface area (Å²) in [6.45, 7) is 7.03. The van der Waals surface area contributed by atoms with Gasteiger partial charge in [0.2, 0.25) is 5.91 Å². The minimum absolute atomic E-state index is 0.147. The van der Waals surface area contributed by atoms with Gasteiger partial charge in [0, 0.05) is 38.0 Å². The number of hydrogen-bond donors (Lipinski definition) is 1. The molecule has 2 aliphatic rings. The van der Waals surface area contributed by atoms with E-state index in [4.69, 9.17) is 4.74 Å². The summed E-state index contributed by atoms with van der Waals surface area (Å²) in [5, 5.41) is 3.25. The minimum Gasteiger partial charge on any atom is -0.381 e. The van der Waals surface area contributed by atoms with E-state index in [2.05, 4.69) is 10.2 Å². The van der Waals surface area contributed by atoms with Crippen molar-refractivity contribution in [1.29, 1.82) is 0 Å². The van der Waals surface area contributed by atoms with Gasteiger partial charge in [-0.15, -0.1) is 0 Å². The second-order valence-corrected chi connectivity index (χ2v) is 7.36. The molecule has 4 nitrogen and oxygen atoms in total. The van der Waals surface area contributed by atoms with Crippen LogP contribution in [0.25, 0.3) is 0 Å². The van der Waals surface area contributed by atoms with Gasteiger partial charge in [-0.1, -0.05) is 6.92 Å². The van der Waals surface area contributed by atoms with Gasteiger partial charge in [-0.05, 0) is 56.4 Å². The Morgan fingerprint density at radius 2 is 2.12 bits per heavy atom. The normalized spacial score (nSPS) is 23.8. The lowest BCUT2D eigenvalue weighted by Gasteiger charge is -2.38. The van der Waals surface area contributed by atoms with Crippen LogP contribution in [0.1, 0.15) is 38.2 Å². The molecule has 1 N–H and O–H groups in total. The first-order chi connectivity index (χ1) is 11.5. The van der Waals surface area contributed by atoms with Crippen LogP contribution in [0, 0.1) is 18.2 Å². The Balaban J connectivity index is 1.64. The molecule has 1 atom stereocenters. The molecule has 0 saturated carbocycles. The number of nitrogens with one attached hydrogen (secondary N) is 1. The number of nitrogens with zero attached hydrogens (tertiary/aromatic N) is 1. The van der Waals surface area contributed by atoms with Crippen LogP contribution in [-0.2, 0) is 9.53 Å². The molecule has 0 aromatic heterocycles. The molecule has 132 valence electrons. The molecule has 0 radical (unpaired) electrons. The third-order valence-electron chi connectivity index (χ3n) is 5.40. The Morgan fingerprint density at radius 3 is 2.83 bits per heavy atom. The fraction of sp³-hybridized carbons (Fsp3) is 0.632. The van der Waals surface area contributed by atoms with Gasteiger partial charge in [0.15, 0.2) is 0 Å². The Bertz CT molecular complexity index is 599. The van der Waals surface area contributed by atoms with Gasteiger partial charge < -0.3 is 15.0 Å². The number of halogens is 1. The summed E-state index contributed by atoms with van der Waals surface area (Å²) < 4.78 is 18.7. The predicted octanol–water partition coefficient (Wildman–Crippen LogP) is 3.04. The van der Waals surface area contributed by atoms with E-state index in [1.54, 1.807) is 6.07 Å². The van der Waals surface area contributed by atoms with Crippen LogP contribution in [0.3, 0.4) is 0 Å². The van der Waals surface area contributed by atoms with E-state index < -0.39 is 0 Å². The van der Waals surface area contributed by atoms with E-state index in [1.165, 1.54) is 6.07 Å². The van der Waals surface area contributed by atoms with Crippen molar-refractivity contribution >= 4 is 11.6 Å². The number of benzene rings is 1. The monoisotopic (exact) mass is 334 g/mol. The number of amides is 1. The fourth-order valence-electron chi connectivity index (χ4n) is 3.70. The molecular weight excluding hydrogens is 307 g/mol. The lowest BCUT2D eigenvalue weighted by atomic mass is 9.81. The predicted molar refractivity (Wildman–Crippen MR) is 92.7 cm³/mol. The molecule has 2 fully saturated rings. The Labute approximate surface area is 143 Å². The van der Waals surface area contributed by atoms with Crippen LogP contribution in [0.15, 0.2) is 18.2 Å². The van der Waals surface area contributed by atoms with Crippen molar-refractivity contribution in [2.75, 3.05) is 31.2 Å². The van der Waals surface area contributed by atoms with E-state index in [0.717, 1.165) is 50.0 Å². The number of piperidine rings is 1. The summed E-state index contributed by atoms with van der Waals surface area (Å²) in [6, 6.07) is 5.07. The van der Waals surface area contributed by atoms with E-state index in [9.17, 15) is 9.18 Å². The summed E-state index contributed by atoms with van der Waals surface area (Å²) in [5.74, 6) is -0.0565. The molecule has 2 heterocycles. The number of aryl methyl sites for hydroxylation is 1. The highest BCUT2D eigenvalue weighted by Gasteiger charge is 2.36. The maximum absolute atomic E-state index is 13.3. The average molecular weight is 334 g/mol. The third kappa shape index (κ3) is 3.72. The summed E-state index contributed by atoms with van der Waals surface area (Å²) in [6.07, 6.45) is 3.59. The number of carbonyl (C=O) groups is 1. The highest BCUT2D eigenvalue weighted by atomic mass is 19.1. The van der Waals surface area contributed by atoms with Crippen molar-refractivity contribution in [3.05, 3.63) is 29.6 Å². The average Bonchev–Trinajstić information content (AvgIpc) is 2.56. The lowest BCUT2D eigenvalue weighted by molar-refractivity contribution is -0.136. The van der Waals surface area contributed by atoms with Crippen molar-refractivity contribution in [1.82, 2.24) is 5.32 Å². The van der Waals surface area contributed by atoms with Crippen molar-refractivity contribution in [2.45, 2.75) is 45.6 Å². The molecule has 24 heavy (non-hydrogen) atoms. The molecule has 1 aromatic rings. The standard InChI is InChI=1S/C19H27FN2O2/c1-14-12-15(20)5-6-17(14)22-9-3-4-16(13-22)21-18(23)19(2)7-10-24-11-8-19/h5-6,12,16H,3-4,7-11,13H2,1-2H3,(H,21,23). The van der Waals surface area contributed by atoms with Crippen molar-refractivity contribution < 1.29 is 13.9 Å². The highest BCUT2D eigenvalue weighted by Crippen LogP contribution is 2.31. The van der Waals surface area contributed by atoms with Gasteiger partial charge in [-0.2, -0.15) is 0 Å². The molecule has 0 aliphatic carbocycles. The lowest BCUT2D eigenvalue weighted by Crippen LogP contribution is -2.52. The number of carbonyl (C=O) groups excluding carboxylic acids is 1. The maximum Gasteiger partial charge on any atom is 0.226 e. The molecule has 0 bridgehead atoms. The first-order valence-corrected chi connectivity index (χ1v) is 8.88.